The number of hydrogen-bond acceptors (Lipinski definition) is 4. The van der Waals surface area contributed by atoms with Crippen LogP contribution in [0.25, 0.3) is 0 Å². The molecule has 0 bridgehead atoms. The molecule has 2 rings (SSSR count). The molecule has 0 aliphatic carbocycles. The van der Waals surface area contributed by atoms with E-state index in [0.717, 1.165) is 5.82 Å². The van der Waals surface area contributed by atoms with Crippen LogP contribution in [0, 0.1) is 11.7 Å². The lowest BCUT2D eigenvalue weighted by Crippen LogP contribution is -2.08. The Kier molecular flexibility index (Phi) is 1.51. The van der Waals surface area contributed by atoms with Crippen LogP contribution in [0.15, 0.2) is 12.7 Å². The first-order valence-corrected chi connectivity index (χ1v) is 3.69. The first-order chi connectivity index (χ1) is 5.79. The van der Waals surface area contributed by atoms with E-state index in [4.69, 9.17) is 12.2 Å². The van der Waals surface area contributed by atoms with E-state index in [1.165, 1.54) is 0 Å². The third-order valence-electron chi connectivity index (χ3n) is 1.45. The van der Waals surface area contributed by atoms with Crippen molar-refractivity contribution in [3.8, 4) is 0 Å². The normalized spacial score (nSPS) is 10.4. The number of aromatic amines is 1. The molecule has 7 heteroatoms. The van der Waals surface area contributed by atoms with Crippen molar-refractivity contribution in [3.63, 3.8) is 0 Å². The first-order valence-electron chi connectivity index (χ1n) is 3.28. The van der Waals surface area contributed by atoms with Crippen LogP contribution in [0.1, 0.15) is 5.82 Å². The van der Waals surface area contributed by atoms with Gasteiger partial charge in [-0.1, -0.05) is 0 Å². The zero-order valence-corrected chi connectivity index (χ0v) is 7.12. The second kappa shape index (κ2) is 2.52. The average molecular weight is 182 g/mol. The van der Waals surface area contributed by atoms with Gasteiger partial charge in [-0.15, -0.1) is 10.2 Å². The van der Waals surface area contributed by atoms with Crippen LogP contribution in [-0.4, -0.2) is 29.7 Å². The smallest absolute Gasteiger partial charge is 0.215 e. The second-order valence-corrected chi connectivity index (χ2v) is 2.62. The van der Waals surface area contributed by atoms with Crippen molar-refractivity contribution in [3.05, 3.63) is 23.3 Å². The first kappa shape index (κ1) is 7.17. The van der Waals surface area contributed by atoms with E-state index in [1.807, 2.05) is 6.92 Å². The maximum absolute atomic E-state index is 4.99. The van der Waals surface area contributed by atoms with Gasteiger partial charge in [-0.05, 0) is 19.1 Å². The summed E-state index contributed by atoms with van der Waals surface area (Å²) in [5, 5.41) is 13.9. The van der Waals surface area contributed by atoms with Gasteiger partial charge in [-0.25, -0.2) is 9.35 Å². The van der Waals surface area contributed by atoms with Crippen LogP contribution in [0.3, 0.4) is 0 Å². The summed E-state index contributed by atoms with van der Waals surface area (Å²) in [7, 11) is 0. The monoisotopic (exact) mass is 182 g/mol. The number of nitrogens with zero attached hydrogens (tertiary/aromatic N) is 5. The highest BCUT2D eigenvalue weighted by Gasteiger charge is 2.01. The van der Waals surface area contributed by atoms with E-state index in [0.29, 0.717) is 4.77 Å². The molecule has 0 aliphatic heterocycles. The standard InChI is InChI=1S/C5H6N6S/c1-4-8-9-5(12)11(4)10-2-6-7-3-10/h2-3H,1H3,(H,9,12). The molecule has 0 saturated heterocycles. The molecule has 1 N–H and O–H groups in total. The molecule has 0 fully saturated rings. The summed E-state index contributed by atoms with van der Waals surface area (Å²) in [6.45, 7) is 1.84. The molecule has 0 aliphatic rings. The Labute approximate surface area is 72.8 Å². The highest BCUT2D eigenvalue weighted by Crippen LogP contribution is 1.95. The van der Waals surface area contributed by atoms with Crippen molar-refractivity contribution >= 4 is 12.2 Å². The third kappa shape index (κ3) is 0.944. The Morgan fingerprint density at radius 3 is 2.58 bits per heavy atom. The Hall–Kier alpha value is -1.50. The van der Waals surface area contributed by atoms with Crippen LogP contribution in [0.2, 0.25) is 0 Å². The number of aromatic nitrogens is 6. The highest BCUT2D eigenvalue weighted by molar-refractivity contribution is 7.71. The lowest BCUT2D eigenvalue weighted by atomic mass is 10.7. The zero-order valence-electron chi connectivity index (χ0n) is 6.30. The fourth-order valence-electron chi connectivity index (χ4n) is 0.941. The lowest BCUT2D eigenvalue weighted by Gasteiger charge is -2.00. The van der Waals surface area contributed by atoms with Gasteiger partial charge in [0.15, 0.2) is 0 Å². The van der Waals surface area contributed by atoms with E-state index in [-0.39, 0.29) is 0 Å². The molecule has 0 aromatic carbocycles. The minimum atomic E-state index is 0.521. The topological polar surface area (TPSA) is 64.3 Å². The summed E-state index contributed by atoms with van der Waals surface area (Å²) in [6.07, 6.45) is 3.11. The molecule has 6 nitrogen and oxygen atoms in total. The summed E-state index contributed by atoms with van der Waals surface area (Å²) in [4.78, 5) is 0. The summed E-state index contributed by atoms with van der Waals surface area (Å²) >= 11 is 4.99. The predicted octanol–water partition coefficient (Wildman–Crippen LogP) is 0.152. The molecule has 0 amide bonds. The minimum Gasteiger partial charge on any atom is -0.250 e. The molecular weight excluding hydrogens is 176 g/mol. The Morgan fingerprint density at radius 2 is 2.08 bits per heavy atom. The zero-order chi connectivity index (χ0) is 8.55. The molecule has 2 heterocycles. The molecule has 2 aromatic heterocycles. The van der Waals surface area contributed by atoms with Crippen LogP contribution in [-0.2, 0) is 0 Å². The van der Waals surface area contributed by atoms with E-state index in [1.54, 1.807) is 22.0 Å². The molecule has 0 radical (unpaired) electrons. The van der Waals surface area contributed by atoms with Gasteiger partial charge in [-0.3, -0.25) is 5.10 Å². The van der Waals surface area contributed by atoms with Gasteiger partial charge in [0.25, 0.3) is 0 Å². The molecule has 62 valence electrons. The van der Waals surface area contributed by atoms with Crippen molar-refractivity contribution in [1.82, 2.24) is 29.7 Å². The number of aryl methyl sites for hydroxylation is 1. The van der Waals surface area contributed by atoms with Crippen LogP contribution in [0.5, 0.6) is 0 Å². The van der Waals surface area contributed by atoms with Gasteiger partial charge in [0.05, 0.1) is 0 Å². The highest BCUT2D eigenvalue weighted by atomic mass is 32.1. The number of hydrogen-bond donors (Lipinski definition) is 1. The SMILES string of the molecule is Cc1n[nH]c(=S)n1-n1cnnc1. The van der Waals surface area contributed by atoms with Gasteiger partial charge in [-0.2, -0.15) is 5.10 Å². The van der Waals surface area contributed by atoms with E-state index in [2.05, 4.69) is 20.4 Å². The third-order valence-corrected chi connectivity index (χ3v) is 1.71. The fourth-order valence-corrected chi connectivity index (χ4v) is 1.21. The summed E-state index contributed by atoms with van der Waals surface area (Å²) in [5.41, 5.74) is 0. The summed E-state index contributed by atoms with van der Waals surface area (Å²) < 4.78 is 3.86. The molecular formula is C5H6N6S. The van der Waals surface area contributed by atoms with Gasteiger partial charge in [0, 0.05) is 0 Å². The second-order valence-electron chi connectivity index (χ2n) is 2.23. The van der Waals surface area contributed by atoms with Crippen LogP contribution >= 0.6 is 12.2 Å². The summed E-state index contributed by atoms with van der Waals surface area (Å²) in [5.74, 6) is 0.764. The van der Waals surface area contributed by atoms with Crippen molar-refractivity contribution in [2.45, 2.75) is 6.92 Å². The largest absolute Gasteiger partial charge is 0.250 e. The van der Waals surface area contributed by atoms with Crippen molar-refractivity contribution in [2.75, 3.05) is 0 Å². The van der Waals surface area contributed by atoms with E-state index in [9.17, 15) is 0 Å². The van der Waals surface area contributed by atoms with Crippen LogP contribution < -0.4 is 0 Å². The Bertz CT molecular complexity index is 423. The fraction of sp³-hybridized carbons (Fsp3) is 0.200. The van der Waals surface area contributed by atoms with Crippen LogP contribution in [0.4, 0.5) is 0 Å². The quantitative estimate of drug-likeness (QED) is 0.638. The predicted molar refractivity (Wildman–Crippen MR) is 43.0 cm³/mol. The summed E-state index contributed by atoms with van der Waals surface area (Å²) in [6, 6.07) is 0. The van der Waals surface area contributed by atoms with Crippen molar-refractivity contribution < 1.29 is 0 Å². The molecule has 0 atom stereocenters. The van der Waals surface area contributed by atoms with Gasteiger partial charge >= 0.3 is 0 Å². The number of H-pyrrole nitrogens is 1. The van der Waals surface area contributed by atoms with Crippen molar-refractivity contribution in [2.24, 2.45) is 0 Å². The lowest BCUT2D eigenvalue weighted by molar-refractivity contribution is 0.622. The molecule has 12 heavy (non-hydrogen) atoms. The number of nitrogens with one attached hydrogen (secondary N) is 1. The number of rotatable bonds is 1. The Balaban J connectivity index is 2.68. The maximum Gasteiger partial charge on any atom is 0.215 e. The van der Waals surface area contributed by atoms with Crippen molar-refractivity contribution in [1.29, 1.82) is 0 Å². The van der Waals surface area contributed by atoms with E-state index >= 15 is 0 Å². The molecule has 0 spiro atoms. The molecule has 0 unspecified atom stereocenters. The van der Waals surface area contributed by atoms with Gasteiger partial charge in [0.1, 0.15) is 18.5 Å². The molecule has 0 saturated carbocycles. The van der Waals surface area contributed by atoms with Gasteiger partial charge < -0.3 is 0 Å². The molecule has 2 aromatic rings. The van der Waals surface area contributed by atoms with Gasteiger partial charge in [0.2, 0.25) is 4.77 Å². The minimum absolute atomic E-state index is 0.521. The van der Waals surface area contributed by atoms with E-state index < -0.39 is 0 Å². The maximum atomic E-state index is 4.99. The average Bonchev–Trinajstić information content (AvgIpc) is 2.61. The Morgan fingerprint density at radius 1 is 1.42 bits per heavy atom.